The molecular formula is C15H20O4. The van der Waals surface area contributed by atoms with Gasteiger partial charge in [0.25, 0.3) is 0 Å². The van der Waals surface area contributed by atoms with Gasteiger partial charge in [0.2, 0.25) is 0 Å². The van der Waals surface area contributed by atoms with Crippen LogP contribution in [0.15, 0.2) is 18.2 Å². The highest BCUT2D eigenvalue weighted by molar-refractivity contribution is 5.71. The monoisotopic (exact) mass is 264 g/mol. The summed E-state index contributed by atoms with van der Waals surface area (Å²) in [4.78, 5) is 11.3. The average Bonchev–Trinajstić information content (AvgIpc) is 2.35. The summed E-state index contributed by atoms with van der Waals surface area (Å²) < 4.78 is 10.4. The van der Waals surface area contributed by atoms with E-state index in [4.69, 9.17) is 9.47 Å². The van der Waals surface area contributed by atoms with Crippen molar-refractivity contribution in [2.24, 2.45) is 0 Å². The number of benzene rings is 1. The minimum absolute atomic E-state index is 0.0688. The first-order valence-electron chi connectivity index (χ1n) is 6.63. The summed E-state index contributed by atoms with van der Waals surface area (Å²) in [5.41, 5.74) is 1.54. The molecule has 19 heavy (non-hydrogen) atoms. The minimum atomic E-state index is -0.646. The van der Waals surface area contributed by atoms with E-state index in [9.17, 15) is 9.90 Å². The molecule has 0 aliphatic heterocycles. The fourth-order valence-electron chi connectivity index (χ4n) is 2.43. The molecule has 4 heteroatoms. The lowest BCUT2D eigenvalue weighted by molar-refractivity contribution is -0.145. The van der Waals surface area contributed by atoms with E-state index in [1.165, 1.54) is 0 Å². The summed E-state index contributed by atoms with van der Waals surface area (Å²) in [5, 5.41) is 10.1. The molecule has 0 aromatic heterocycles. The van der Waals surface area contributed by atoms with Crippen LogP contribution in [0.1, 0.15) is 31.4 Å². The molecule has 0 spiro atoms. The number of esters is 1. The van der Waals surface area contributed by atoms with Crippen LogP contribution in [0, 0.1) is 0 Å². The van der Waals surface area contributed by atoms with Gasteiger partial charge in [-0.1, -0.05) is 12.1 Å². The number of hydrogen-bond donors (Lipinski definition) is 1. The molecule has 1 N–H and O–H groups in total. The Hall–Kier alpha value is -1.55. The Balaban J connectivity index is 2.09. The van der Waals surface area contributed by atoms with Crippen LogP contribution in [-0.2, 0) is 22.4 Å². The van der Waals surface area contributed by atoms with E-state index in [-0.39, 0.29) is 12.6 Å². The van der Waals surface area contributed by atoms with E-state index >= 15 is 0 Å². The van der Waals surface area contributed by atoms with Crippen molar-refractivity contribution in [1.29, 1.82) is 0 Å². The third-order valence-corrected chi connectivity index (χ3v) is 3.37. The zero-order valence-corrected chi connectivity index (χ0v) is 11.4. The number of ether oxygens (including phenoxy) is 2. The van der Waals surface area contributed by atoms with Crippen LogP contribution < -0.4 is 4.74 Å². The lowest BCUT2D eigenvalue weighted by Crippen LogP contribution is -2.32. The molecule has 0 saturated heterocycles. The van der Waals surface area contributed by atoms with E-state index < -0.39 is 5.60 Å². The van der Waals surface area contributed by atoms with Crippen molar-refractivity contribution >= 4 is 5.97 Å². The second-order valence-electron chi connectivity index (χ2n) is 5.16. The van der Waals surface area contributed by atoms with Gasteiger partial charge < -0.3 is 14.6 Å². The highest BCUT2D eigenvalue weighted by atomic mass is 16.6. The third-order valence-electron chi connectivity index (χ3n) is 3.37. The van der Waals surface area contributed by atoms with Gasteiger partial charge in [0.05, 0.1) is 12.2 Å². The van der Waals surface area contributed by atoms with Crippen LogP contribution in [0.25, 0.3) is 0 Å². The zero-order chi connectivity index (χ0) is 13.9. The molecule has 1 unspecified atom stereocenters. The maximum absolute atomic E-state index is 11.3. The van der Waals surface area contributed by atoms with Gasteiger partial charge in [-0.3, -0.25) is 0 Å². The number of aliphatic hydroxyl groups is 1. The molecule has 1 aliphatic carbocycles. The molecule has 1 atom stereocenters. The summed E-state index contributed by atoms with van der Waals surface area (Å²) >= 11 is 0. The molecule has 0 fully saturated rings. The highest BCUT2D eigenvalue weighted by Crippen LogP contribution is 2.33. The van der Waals surface area contributed by atoms with Crippen LogP contribution >= 0.6 is 0 Å². The van der Waals surface area contributed by atoms with E-state index in [1.54, 1.807) is 6.92 Å². The van der Waals surface area contributed by atoms with Crippen LogP contribution in [0.2, 0.25) is 0 Å². The molecule has 0 amide bonds. The van der Waals surface area contributed by atoms with Crippen molar-refractivity contribution in [3.8, 4) is 5.75 Å². The van der Waals surface area contributed by atoms with Gasteiger partial charge in [-0.05, 0) is 43.9 Å². The standard InChI is InChI=1S/C15H20O4/c1-3-18-14(16)10-19-13-6-4-5-11-9-15(2,17)8-7-12(11)13/h4-6,17H,3,7-10H2,1-2H3. The number of fused-ring (bicyclic) bond motifs is 1. The Morgan fingerprint density at radius 3 is 3.00 bits per heavy atom. The first kappa shape index (κ1) is 13.9. The molecule has 1 aliphatic rings. The molecular weight excluding hydrogens is 244 g/mol. The Kier molecular flexibility index (Phi) is 4.10. The number of rotatable bonds is 4. The van der Waals surface area contributed by atoms with Crippen molar-refractivity contribution in [3.05, 3.63) is 29.3 Å². The smallest absolute Gasteiger partial charge is 0.344 e. The topological polar surface area (TPSA) is 55.8 Å². The summed E-state index contributed by atoms with van der Waals surface area (Å²) in [7, 11) is 0. The van der Waals surface area contributed by atoms with E-state index in [0.717, 1.165) is 23.3 Å². The minimum Gasteiger partial charge on any atom is -0.482 e. The molecule has 1 aromatic rings. The first-order chi connectivity index (χ1) is 9.02. The van der Waals surface area contributed by atoms with Crippen molar-refractivity contribution in [2.45, 2.75) is 38.7 Å². The fourth-order valence-corrected chi connectivity index (χ4v) is 2.43. The van der Waals surface area contributed by atoms with Gasteiger partial charge in [-0.25, -0.2) is 4.79 Å². The molecule has 0 bridgehead atoms. The number of carbonyl (C=O) groups is 1. The molecule has 0 radical (unpaired) electrons. The second-order valence-corrected chi connectivity index (χ2v) is 5.16. The normalized spacial score (nSPS) is 21.6. The molecule has 1 aromatic carbocycles. The summed E-state index contributed by atoms with van der Waals surface area (Å²) in [5.74, 6) is 0.365. The summed E-state index contributed by atoms with van der Waals surface area (Å²) in [6.45, 7) is 3.91. The van der Waals surface area contributed by atoms with Crippen molar-refractivity contribution in [1.82, 2.24) is 0 Å². The SMILES string of the molecule is CCOC(=O)COc1cccc2c1CCC(C)(O)C2. The third kappa shape index (κ3) is 3.47. The predicted octanol–water partition coefficient (Wildman–Crippen LogP) is 1.87. The van der Waals surface area contributed by atoms with Gasteiger partial charge in [0.15, 0.2) is 6.61 Å². The average molecular weight is 264 g/mol. The van der Waals surface area contributed by atoms with E-state index in [0.29, 0.717) is 19.4 Å². The van der Waals surface area contributed by atoms with E-state index in [1.807, 2.05) is 25.1 Å². The Morgan fingerprint density at radius 2 is 2.26 bits per heavy atom. The lowest BCUT2D eigenvalue weighted by Gasteiger charge is -2.30. The van der Waals surface area contributed by atoms with Gasteiger partial charge >= 0.3 is 5.97 Å². The maximum Gasteiger partial charge on any atom is 0.344 e. The summed E-state index contributed by atoms with van der Waals surface area (Å²) in [6, 6.07) is 5.75. The largest absolute Gasteiger partial charge is 0.482 e. The fraction of sp³-hybridized carbons (Fsp3) is 0.533. The van der Waals surface area contributed by atoms with Gasteiger partial charge in [0.1, 0.15) is 5.75 Å². The summed E-state index contributed by atoms with van der Waals surface area (Å²) in [6.07, 6.45) is 2.10. The Labute approximate surface area is 113 Å². The van der Waals surface area contributed by atoms with Crippen molar-refractivity contribution in [3.63, 3.8) is 0 Å². The van der Waals surface area contributed by atoms with Crippen molar-refractivity contribution < 1.29 is 19.4 Å². The highest BCUT2D eigenvalue weighted by Gasteiger charge is 2.28. The lowest BCUT2D eigenvalue weighted by atomic mass is 9.81. The maximum atomic E-state index is 11.3. The van der Waals surface area contributed by atoms with E-state index in [2.05, 4.69) is 0 Å². The Bertz CT molecular complexity index is 465. The number of carbonyl (C=O) groups excluding carboxylic acids is 1. The van der Waals surface area contributed by atoms with Crippen LogP contribution in [0.5, 0.6) is 5.75 Å². The molecule has 0 heterocycles. The predicted molar refractivity (Wildman–Crippen MR) is 71.2 cm³/mol. The van der Waals surface area contributed by atoms with Crippen LogP contribution in [0.4, 0.5) is 0 Å². The quantitative estimate of drug-likeness (QED) is 0.843. The van der Waals surface area contributed by atoms with Crippen LogP contribution in [-0.4, -0.2) is 29.9 Å². The zero-order valence-electron chi connectivity index (χ0n) is 11.4. The molecule has 104 valence electrons. The molecule has 2 rings (SSSR count). The van der Waals surface area contributed by atoms with Gasteiger partial charge in [-0.15, -0.1) is 0 Å². The first-order valence-corrected chi connectivity index (χ1v) is 6.63. The van der Waals surface area contributed by atoms with Crippen LogP contribution in [0.3, 0.4) is 0 Å². The number of hydrogen-bond acceptors (Lipinski definition) is 4. The van der Waals surface area contributed by atoms with Gasteiger partial charge in [0, 0.05) is 6.42 Å². The molecule has 0 saturated carbocycles. The van der Waals surface area contributed by atoms with Crippen molar-refractivity contribution in [2.75, 3.05) is 13.2 Å². The second kappa shape index (κ2) is 5.61. The molecule has 4 nitrogen and oxygen atoms in total. The Morgan fingerprint density at radius 1 is 1.47 bits per heavy atom. The van der Waals surface area contributed by atoms with Gasteiger partial charge in [-0.2, -0.15) is 0 Å².